The highest BCUT2D eigenvalue weighted by atomic mass is 32.1. The van der Waals surface area contributed by atoms with E-state index >= 15 is 0 Å². The number of para-hydroxylation sites is 1. The molecule has 0 aliphatic rings. The van der Waals surface area contributed by atoms with E-state index in [2.05, 4.69) is 25.4 Å². The van der Waals surface area contributed by atoms with Crippen molar-refractivity contribution in [3.8, 4) is 11.4 Å². The zero-order valence-corrected chi connectivity index (χ0v) is 14.6. The summed E-state index contributed by atoms with van der Waals surface area (Å²) in [4.78, 5) is 15.5. The number of anilines is 2. The van der Waals surface area contributed by atoms with Crippen LogP contribution in [0.5, 0.6) is 0 Å². The Morgan fingerprint density at radius 2 is 2.00 bits per heavy atom. The van der Waals surface area contributed by atoms with Crippen molar-refractivity contribution in [1.82, 2.24) is 20.1 Å². The molecule has 25 heavy (non-hydrogen) atoms. The first-order valence-electron chi connectivity index (χ1n) is 7.74. The van der Waals surface area contributed by atoms with Crippen molar-refractivity contribution in [3.05, 3.63) is 47.0 Å². The second kappa shape index (κ2) is 6.48. The third-order valence-electron chi connectivity index (χ3n) is 3.65. The Labute approximate surface area is 148 Å². The second-order valence-corrected chi connectivity index (χ2v) is 6.44. The number of aromatic nitrogens is 4. The van der Waals surface area contributed by atoms with Crippen molar-refractivity contribution >= 4 is 34.0 Å². The van der Waals surface area contributed by atoms with Crippen LogP contribution in [-0.2, 0) is 6.54 Å². The third kappa shape index (κ3) is 3.16. The summed E-state index contributed by atoms with van der Waals surface area (Å²) < 4.78 is 5.26. The second-order valence-electron chi connectivity index (χ2n) is 5.66. The number of benzene rings is 1. The first-order valence-corrected chi connectivity index (χ1v) is 8.68. The van der Waals surface area contributed by atoms with Crippen molar-refractivity contribution in [2.75, 3.05) is 24.3 Å². The van der Waals surface area contributed by atoms with Crippen LogP contribution in [0, 0.1) is 0 Å². The van der Waals surface area contributed by atoms with Crippen LogP contribution in [0.15, 0.2) is 45.6 Å². The Kier molecular flexibility index (Phi) is 4.02. The molecule has 0 atom stereocenters. The summed E-state index contributed by atoms with van der Waals surface area (Å²) >= 11 is 1.62. The largest absolute Gasteiger partial charge is 0.360 e. The summed E-state index contributed by atoms with van der Waals surface area (Å²) in [7, 11) is 3.74. The van der Waals surface area contributed by atoms with Gasteiger partial charge in [0.1, 0.15) is 5.82 Å². The minimum atomic E-state index is 0.394. The Morgan fingerprint density at radius 3 is 2.76 bits per heavy atom. The fraction of sp³-hybridized carbons (Fsp3) is 0.176. The summed E-state index contributed by atoms with van der Waals surface area (Å²) in [6, 6.07) is 9.93. The van der Waals surface area contributed by atoms with Crippen molar-refractivity contribution in [2.45, 2.75) is 6.54 Å². The number of rotatable bonds is 5. The molecule has 0 bridgehead atoms. The molecule has 0 aliphatic carbocycles. The molecular formula is C17H16N6OS. The fourth-order valence-electron chi connectivity index (χ4n) is 2.39. The van der Waals surface area contributed by atoms with Crippen LogP contribution in [0.25, 0.3) is 22.3 Å². The standard InChI is InChI=1S/C17H16N6OS/c1-23(2)17-20-14(24-22-17)9-18-16-12-5-3-4-6-13(12)19-15(21-16)11-7-8-25-10-11/h3-8,10H,9H2,1-2H3,(H,18,19,21). The average molecular weight is 352 g/mol. The van der Waals surface area contributed by atoms with Gasteiger partial charge in [-0.15, -0.1) is 0 Å². The number of hydrogen-bond donors (Lipinski definition) is 1. The molecule has 4 aromatic rings. The van der Waals surface area contributed by atoms with Gasteiger partial charge < -0.3 is 14.7 Å². The lowest BCUT2D eigenvalue weighted by molar-refractivity contribution is 0.383. The molecule has 0 radical (unpaired) electrons. The number of fused-ring (bicyclic) bond motifs is 1. The maximum atomic E-state index is 5.26. The lowest BCUT2D eigenvalue weighted by Crippen LogP contribution is -2.10. The molecule has 1 N–H and O–H groups in total. The smallest absolute Gasteiger partial charge is 0.265 e. The Bertz CT molecular complexity index is 995. The monoisotopic (exact) mass is 352 g/mol. The lowest BCUT2D eigenvalue weighted by atomic mass is 10.2. The topological polar surface area (TPSA) is 80.0 Å². The third-order valence-corrected chi connectivity index (χ3v) is 4.33. The SMILES string of the molecule is CN(C)c1noc(CNc2nc(-c3ccsc3)nc3ccccc23)n1. The molecule has 0 aliphatic heterocycles. The number of hydrogen-bond acceptors (Lipinski definition) is 8. The minimum Gasteiger partial charge on any atom is -0.360 e. The van der Waals surface area contributed by atoms with E-state index in [4.69, 9.17) is 4.52 Å². The highest BCUT2D eigenvalue weighted by Crippen LogP contribution is 2.26. The summed E-state index contributed by atoms with van der Waals surface area (Å²) in [5.41, 5.74) is 1.90. The van der Waals surface area contributed by atoms with E-state index in [-0.39, 0.29) is 0 Å². The predicted octanol–water partition coefficient (Wildman–Crippen LogP) is 3.42. The number of thiophene rings is 1. The van der Waals surface area contributed by atoms with Gasteiger partial charge in [-0.05, 0) is 28.7 Å². The number of nitrogens with zero attached hydrogens (tertiary/aromatic N) is 5. The van der Waals surface area contributed by atoms with Crippen molar-refractivity contribution in [3.63, 3.8) is 0 Å². The lowest BCUT2D eigenvalue weighted by Gasteiger charge is -2.09. The van der Waals surface area contributed by atoms with E-state index in [1.807, 2.05) is 55.2 Å². The predicted molar refractivity (Wildman–Crippen MR) is 98.8 cm³/mol. The molecule has 0 fully saturated rings. The first-order chi connectivity index (χ1) is 12.2. The molecule has 0 amide bonds. The molecule has 4 rings (SSSR count). The first kappa shape index (κ1) is 15.5. The van der Waals surface area contributed by atoms with Gasteiger partial charge in [-0.25, -0.2) is 9.97 Å². The van der Waals surface area contributed by atoms with E-state index in [1.54, 1.807) is 16.2 Å². The van der Waals surface area contributed by atoms with Crippen LogP contribution >= 0.6 is 11.3 Å². The molecule has 126 valence electrons. The van der Waals surface area contributed by atoms with Gasteiger partial charge in [0, 0.05) is 30.4 Å². The molecule has 0 saturated heterocycles. The van der Waals surface area contributed by atoms with Crippen LogP contribution in [0.1, 0.15) is 5.89 Å². The minimum absolute atomic E-state index is 0.394. The van der Waals surface area contributed by atoms with Crippen LogP contribution in [0.2, 0.25) is 0 Å². The van der Waals surface area contributed by atoms with Gasteiger partial charge >= 0.3 is 0 Å². The molecule has 1 aromatic carbocycles. The zero-order valence-electron chi connectivity index (χ0n) is 13.8. The maximum absolute atomic E-state index is 5.26. The van der Waals surface area contributed by atoms with Gasteiger partial charge in [0.25, 0.3) is 5.95 Å². The van der Waals surface area contributed by atoms with Gasteiger partial charge in [0.15, 0.2) is 5.82 Å². The van der Waals surface area contributed by atoms with E-state index in [0.717, 1.165) is 22.3 Å². The van der Waals surface area contributed by atoms with E-state index in [9.17, 15) is 0 Å². The van der Waals surface area contributed by atoms with Crippen molar-refractivity contribution in [2.24, 2.45) is 0 Å². The van der Waals surface area contributed by atoms with Crippen molar-refractivity contribution in [1.29, 1.82) is 0 Å². The Balaban J connectivity index is 1.67. The van der Waals surface area contributed by atoms with Crippen LogP contribution < -0.4 is 10.2 Å². The molecule has 8 heteroatoms. The highest BCUT2D eigenvalue weighted by molar-refractivity contribution is 7.08. The fourth-order valence-corrected chi connectivity index (χ4v) is 3.03. The van der Waals surface area contributed by atoms with Crippen LogP contribution in [-0.4, -0.2) is 34.2 Å². The van der Waals surface area contributed by atoms with Gasteiger partial charge in [-0.2, -0.15) is 16.3 Å². The van der Waals surface area contributed by atoms with Gasteiger partial charge in [0.2, 0.25) is 5.89 Å². The molecule has 0 saturated carbocycles. The van der Waals surface area contributed by atoms with Crippen LogP contribution in [0.3, 0.4) is 0 Å². The number of nitrogens with one attached hydrogen (secondary N) is 1. The van der Waals surface area contributed by atoms with Gasteiger partial charge in [-0.1, -0.05) is 12.1 Å². The van der Waals surface area contributed by atoms with E-state index in [0.29, 0.717) is 24.2 Å². The summed E-state index contributed by atoms with van der Waals surface area (Å²) in [5.74, 6) is 2.49. The maximum Gasteiger partial charge on any atom is 0.265 e. The highest BCUT2D eigenvalue weighted by Gasteiger charge is 2.12. The molecule has 0 spiro atoms. The van der Waals surface area contributed by atoms with Gasteiger partial charge in [0.05, 0.1) is 12.1 Å². The molecule has 3 heterocycles. The normalized spacial score (nSPS) is 11.0. The molecule has 0 unspecified atom stereocenters. The molecular weight excluding hydrogens is 336 g/mol. The summed E-state index contributed by atoms with van der Waals surface area (Å²) in [5, 5.41) is 12.2. The van der Waals surface area contributed by atoms with Crippen molar-refractivity contribution < 1.29 is 4.52 Å². The average Bonchev–Trinajstić information content (AvgIpc) is 3.31. The summed E-state index contributed by atoms with van der Waals surface area (Å²) in [6.07, 6.45) is 0. The zero-order chi connectivity index (χ0) is 17.2. The van der Waals surface area contributed by atoms with Crippen LogP contribution in [0.4, 0.5) is 11.8 Å². The Hall–Kier alpha value is -3.00. The van der Waals surface area contributed by atoms with Gasteiger partial charge in [-0.3, -0.25) is 0 Å². The molecule has 3 aromatic heterocycles. The Morgan fingerprint density at radius 1 is 1.12 bits per heavy atom. The summed E-state index contributed by atoms with van der Waals surface area (Å²) in [6.45, 7) is 0.394. The molecule has 7 nitrogen and oxygen atoms in total. The van der Waals surface area contributed by atoms with E-state index in [1.165, 1.54) is 0 Å². The quantitative estimate of drug-likeness (QED) is 0.589. The van der Waals surface area contributed by atoms with E-state index < -0.39 is 0 Å².